The lowest BCUT2D eigenvalue weighted by atomic mass is 10.0. The number of rotatable bonds is 16. The monoisotopic (exact) mass is 1430 g/mol. The van der Waals surface area contributed by atoms with Gasteiger partial charge >= 0.3 is 12.1 Å². The second-order valence-corrected chi connectivity index (χ2v) is 17.5. The predicted molar refractivity (Wildman–Crippen MR) is 241 cm³/mol. The van der Waals surface area contributed by atoms with Crippen molar-refractivity contribution in [3.8, 4) is 0 Å². The molecule has 2 rings (SSSR count). The minimum atomic E-state index is -1.87. The summed E-state index contributed by atoms with van der Waals surface area (Å²) in [7, 11) is 0. The van der Waals surface area contributed by atoms with Crippen molar-refractivity contribution >= 4 is 183 Å². The number of nitrogens with zero attached hydrogens (tertiary/aromatic N) is 2. The van der Waals surface area contributed by atoms with Crippen molar-refractivity contribution in [1.29, 1.82) is 0 Å². The van der Waals surface area contributed by atoms with Crippen LogP contribution in [-0.2, 0) is 22.4 Å². The quantitative estimate of drug-likeness (QED) is 0.0994. The van der Waals surface area contributed by atoms with Crippen LogP contribution in [0.4, 0.5) is 21.0 Å². The number of imide groups is 2. The first-order chi connectivity index (χ1) is 25.2. The fourth-order valence-electron chi connectivity index (χ4n) is 4.64. The topological polar surface area (TPSA) is 327 Å². The number of hydrogen-bond acceptors (Lipinski definition) is 13. The highest BCUT2D eigenvalue weighted by atomic mass is 127. The fourth-order valence-corrected chi connectivity index (χ4v) is 13.3. The molecule has 13 N–H and O–H groups in total. The number of primary amides is 2. The molecule has 19 nitrogen and oxygen atoms in total. The fraction of sp³-hybridized carbons (Fsp3) is 0.379. The summed E-state index contributed by atoms with van der Waals surface area (Å²) in [6.45, 7) is -4.95. The summed E-state index contributed by atoms with van der Waals surface area (Å²) in [5.41, 5.74) is 11.4. The second kappa shape index (κ2) is 22.5. The Hall–Kier alpha value is -0.640. The van der Waals surface area contributed by atoms with Crippen molar-refractivity contribution in [3.63, 3.8) is 0 Å². The number of amides is 8. The van der Waals surface area contributed by atoms with Crippen molar-refractivity contribution in [3.05, 3.63) is 43.7 Å². The predicted octanol–water partition coefficient (Wildman–Crippen LogP) is 0.0701. The molecular weight excluding hydrogens is 1400 g/mol. The maximum atomic E-state index is 14.0. The van der Waals surface area contributed by atoms with Crippen molar-refractivity contribution < 1.29 is 64.5 Å². The molecule has 0 aliphatic carbocycles. The lowest BCUT2D eigenvalue weighted by molar-refractivity contribution is -0.119. The van der Waals surface area contributed by atoms with E-state index in [1.54, 1.807) is 90.4 Å². The van der Waals surface area contributed by atoms with Gasteiger partial charge in [-0.3, -0.25) is 29.0 Å². The smallest absolute Gasteiger partial charge is 0.321 e. The molecule has 0 aliphatic heterocycles. The summed E-state index contributed by atoms with van der Waals surface area (Å²) in [5, 5.41) is 74.2. The van der Waals surface area contributed by atoms with E-state index in [9.17, 15) is 64.5 Å². The van der Waals surface area contributed by atoms with Crippen LogP contribution in [0.2, 0.25) is 0 Å². The molecule has 2 atom stereocenters. The molecule has 54 heavy (non-hydrogen) atoms. The standard InChI is InChI=1S/C29H32I6N6O13/c30-18-12(1-9(46)5-42)20(32)24(38-14(49)7-44)22(34)16(18)26(51)40(28(36)53)3-11(48)4-41(29(37)54)27(52)17-19(31)13(2-10(47)6-43)21(33)25(23(17)35)39-15(50)8-45/h9-11,42-48H,1-8H2,(H2,36,53)(H2,37,54)(H,38,49)(H,39,50). The van der Waals surface area contributed by atoms with Crippen LogP contribution >= 0.6 is 136 Å². The highest BCUT2D eigenvalue weighted by Gasteiger charge is 2.35. The van der Waals surface area contributed by atoms with E-state index in [1.165, 1.54) is 0 Å². The number of halogens is 6. The van der Waals surface area contributed by atoms with Crippen LogP contribution in [0.25, 0.3) is 0 Å². The van der Waals surface area contributed by atoms with Gasteiger partial charge in [-0.2, -0.15) is 0 Å². The van der Waals surface area contributed by atoms with E-state index in [4.69, 9.17) is 11.5 Å². The molecule has 0 fully saturated rings. The minimum Gasteiger partial charge on any atom is -0.394 e. The number of benzene rings is 2. The lowest BCUT2D eigenvalue weighted by Gasteiger charge is -2.28. The highest BCUT2D eigenvalue weighted by Crippen LogP contribution is 2.38. The molecule has 0 spiro atoms. The maximum absolute atomic E-state index is 14.0. The molecule has 0 aliphatic rings. The number of anilines is 2. The van der Waals surface area contributed by atoms with Gasteiger partial charge in [0.05, 0.1) is 74.3 Å². The molecule has 0 bridgehead atoms. The third-order valence-electron chi connectivity index (χ3n) is 7.17. The molecule has 2 unspecified atom stereocenters. The van der Waals surface area contributed by atoms with Crippen molar-refractivity contribution in [2.75, 3.05) is 50.2 Å². The van der Waals surface area contributed by atoms with E-state index in [-0.39, 0.29) is 60.8 Å². The van der Waals surface area contributed by atoms with Gasteiger partial charge in [-0.25, -0.2) is 9.59 Å². The van der Waals surface area contributed by atoms with Crippen LogP contribution < -0.4 is 22.1 Å². The number of urea groups is 2. The SMILES string of the molecule is NC(=O)N(CC(O)CN(C(N)=O)C(=O)c1c(I)c(CC(O)CO)c(I)c(NC(=O)CO)c1I)C(=O)c1c(I)c(CC(O)CO)c(I)c(NC(=O)CO)c1I. The van der Waals surface area contributed by atoms with Crippen LogP contribution in [0.15, 0.2) is 0 Å². The van der Waals surface area contributed by atoms with Gasteiger partial charge in [-0.15, -0.1) is 0 Å². The van der Waals surface area contributed by atoms with Gasteiger partial charge in [0, 0.05) is 27.1 Å². The first-order valence-electron chi connectivity index (χ1n) is 14.9. The van der Waals surface area contributed by atoms with Crippen molar-refractivity contribution in [1.82, 2.24) is 9.80 Å². The van der Waals surface area contributed by atoms with Crippen LogP contribution in [0.1, 0.15) is 31.8 Å². The zero-order valence-electron chi connectivity index (χ0n) is 27.3. The Morgan fingerprint density at radius 3 is 1.11 bits per heavy atom. The van der Waals surface area contributed by atoms with E-state index < -0.39 is 93.5 Å². The Bertz CT molecular complexity index is 1690. The van der Waals surface area contributed by atoms with Gasteiger partial charge in [-0.1, -0.05) is 0 Å². The normalized spacial score (nSPS) is 12.8. The molecule has 0 saturated heterocycles. The Kier molecular flexibility index (Phi) is 20.6. The van der Waals surface area contributed by atoms with E-state index in [0.29, 0.717) is 16.9 Å². The number of hydrogen-bond donors (Lipinski definition) is 11. The number of aliphatic hydroxyl groups is 7. The highest BCUT2D eigenvalue weighted by molar-refractivity contribution is 14.1. The van der Waals surface area contributed by atoms with Crippen molar-refractivity contribution in [2.24, 2.45) is 11.5 Å². The number of nitrogens with two attached hydrogens (primary N) is 2. The maximum Gasteiger partial charge on any atom is 0.321 e. The Morgan fingerprint density at radius 1 is 0.537 bits per heavy atom. The second-order valence-electron chi connectivity index (χ2n) is 11.0. The van der Waals surface area contributed by atoms with Gasteiger partial charge in [0.2, 0.25) is 11.8 Å². The van der Waals surface area contributed by atoms with Crippen LogP contribution in [0.3, 0.4) is 0 Å². The molecule has 0 radical (unpaired) electrons. The van der Waals surface area contributed by atoms with E-state index >= 15 is 0 Å². The van der Waals surface area contributed by atoms with Crippen LogP contribution in [0, 0.1) is 21.4 Å². The van der Waals surface area contributed by atoms with Gasteiger partial charge in [-0.05, 0) is 147 Å². The number of nitrogens with one attached hydrogen (secondary N) is 2. The number of carbonyl (C=O) groups excluding carboxylic acids is 6. The Balaban J connectivity index is 2.65. The Morgan fingerprint density at radius 2 is 0.852 bits per heavy atom. The molecule has 25 heteroatoms. The van der Waals surface area contributed by atoms with E-state index in [0.717, 1.165) is 0 Å². The first kappa shape index (κ1) is 49.5. The number of aliphatic hydroxyl groups excluding tert-OH is 7. The van der Waals surface area contributed by atoms with Gasteiger partial charge in [0.25, 0.3) is 11.8 Å². The largest absolute Gasteiger partial charge is 0.394 e. The van der Waals surface area contributed by atoms with Gasteiger partial charge in [0.1, 0.15) is 13.2 Å². The van der Waals surface area contributed by atoms with Crippen LogP contribution in [0.5, 0.6) is 0 Å². The summed E-state index contributed by atoms with van der Waals surface area (Å²) >= 11 is 10.7. The van der Waals surface area contributed by atoms with Gasteiger partial charge in [0.15, 0.2) is 0 Å². The molecule has 2 aromatic rings. The zero-order chi connectivity index (χ0) is 41.4. The lowest BCUT2D eigenvalue weighted by Crippen LogP contribution is -2.51. The first-order valence-corrected chi connectivity index (χ1v) is 21.3. The zero-order valence-corrected chi connectivity index (χ0v) is 40.2. The van der Waals surface area contributed by atoms with Crippen LogP contribution in [-0.4, -0.2) is 139 Å². The minimum absolute atomic E-state index is 0.0387. The average Bonchev–Trinajstić information content (AvgIpc) is 3.12. The number of carbonyl (C=O) groups is 6. The third-order valence-corrected chi connectivity index (χ3v) is 14.1. The Labute approximate surface area is 388 Å². The molecule has 2 aromatic carbocycles. The molecule has 8 amide bonds. The molecule has 0 aromatic heterocycles. The summed E-state index contributed by atoms with van der Waals surface area (Å²) in [5.74, 6) is -3.90. The summed E-state index contributed by atoms with van der Waals surface area (Å²) in [6, 6.07) is -2.73. The molecular formula is C29H32I6N6O13. The average molecular weight is 1430 g/mol. The van der Waals surface area contributed by atoms with E-state index in [1.807, 2.05) is 45.2 Å². The molecule has 0 heterocycles. The van der Waals surface area contributed by atoms with E-state index in [2.05, 4.69) is 10.6 Å². The summed E-state index contributed by atoms with van der Waals surface area (Å²) < 4.78 is 1.23. The van der Waals surface area contributed by atoms with Gasteiger partial charge < -0.3 is 57.8 Å². The summed E-state index contributed by atoms with van der Waals surface area (Å²) in [4.78, 5) is 78.7. The molecule has 0 saturated carbocycles. The third kappa shape index (κ3) is 12.2. The molecule has 298 valence electrons. The summed E-state index contributed by atoms with van der Waals surface area (Å²) in [6.07, 6.45) is -4.86. The van der Waals surface area contributed by atoms with Crippen molar-refractivity contribution in [2.45, 2.75) is 31.2 Å².